The highest BCUT2D eigenvalue weighted by atomic mass is 127. The zero-order valence-electron chi connectivity index (χ0n) is 19.9. The highest BCUT2D eigenvalue weighted by molar-refractivity contribution is 14.1. The topological polar surface area (TPSA) is 86.8 Å². The quantitative estimate of drug-likeness (QED) is 0.256. The normalized spacial score (nSPS) is 12.2. The van der Waals surface area contributed by atoms with Crippen LogP contribution in [-0.4, -0.2) is 50.5 Å². The van der Waals surface area contributed by atoms with Gasteiger partial charge in [-0.2, -0.15) is 0 Å². The maximum atomic E-state index is 13.6. The van der Waals surface area contributed by atoms with Gasteiger partial charge in [0.15, 0.2) is 0 Å². The average molecular weight is 654 g/mol. The van der Waals surface area contributed by atoms with Crippen molar-refractivity contribution in [2.75, 3.05) is 23.7 Å². The van der Waals surface area contributed by atoms with Gasteiger partial charge in [-0.1, -0.05) is 49.5 Å². The molecule has 0 aromatic heterocycles. The Kier molecular flexibility index (Phi) is 11.6. The van der Waals surface area contributed by atoms with E-state index in [-0.39, 0.29) is 12.5 Å². The number of halogens is 3. The van der Waals surface area contributed by atoms with Gasteiger partial charge >= 0.3 is 0 Å². The predicted octanol–water partition coefficient (Wildman–Crippen LogP) is 5.09. The van der Waals surface area contributed by atoms with Crippen LogP contribution in [-0.2, 0) is 26.2 Å². The summed E-state index contributed by atoms with van der Waals surface area (Å²) in [6, 6.07) is 11.0. The molecule has 0 heterocycles. The number of amides is 2. The van der Waals surface area contributed by atoms with Crippen molar-refractivity contribution in [1.82, 2.24) is 10.2 Å². The standard InChI is InChI=1S/C24H30Cl2IN3O4S/c1-4-6-13-28-24(32)22(5-2)29(15-17-7-12-20(25)21(26)14-17)23(31)16-30(35(3,33)34)19-10-8-18(27)9-11-19/h7-12,14,22H,4-6,13,15-16H2,1-3H3,(H,28,32)/t22-/m0/s1. The SMILES string of the molecule is CCCCNC(=O)[C@H](CC)N(Cc1ccc(Cl)c(Cl)c1)C(=O)CN(c1ccc(I)cc1)S(C)(=O)=O. The van der Waals surface area contributed by atoms with E-state index in [4.69, 9.17) is 23.2 Å². The molecule has 2 amide bonds. The summed E-state index contributed by atoms with van der Waals surface area (Å²) in [6.45, 7) is 3.96. The van der Waals surface area contributed by atoms with Gasteiger partial charge in [-0.25, -0.2) is 8.42 Å². The van der Waals surface area contributed by atoms with E-state index in [9.17, 15) is 18.0 Å². The van der Waals surface area contributed by atoms with Crippen LogP contribution in [0, 0.1) is 3.57 Å². The Morgan fingerprint density at radius 2 is 1.71 bits per heavy atom. The number of hydrogen-bond donors (Lipinski definition) is 1. The minimum absolute atomic E-state index is 0.0692. The second kappa shape index (κ2) is 13.7. The Morgan fingerprint density at radius 1 is 1.06 bits per heavy atom. The molecule has 0 aliphatic rings. The van der Waals surface area contributed by atoms with Crippen molar-refractivity contribution in [1.29, 1.82) is 0 Å². The van der Waals surface area contributed by atoms with Gasteiger partial charge in [0.05, 0.1) is 22.0 Å². The first-order valence-electron chi connectivity index (χ1n) is 11.2. The maximum absolute atomic E-state index is 13.6. The largest absolute Gasteiger partial charge is 0.354 e. The molecule has 1 N–H and O–H groups in total. The van der Waals surface area contributed by atoms with Gasteiger partial charge in [0.1, 0.15) is 12.6 Å². The highest BCUT2D eigenvalue weighted by Gasteiger charge is 2.31. The monoisotopic (exact) mass is 653 g/mol. The van der Waals surface area contributed by atoms with Crippen LogP contribution in [0.1, 0.15) is 38.7 Å². The molecule has 0 aliphatic heterocycles. The molecule has 0 aliphatic carbocycles. The number of nitrogens with one attached hydrogen (secondary N) is 1. The van der Waals surface area contributed by atoms with Crippen LogP contribution in [0.25, 0.3) is 0 Å². The lowest BCUT2D eigenvalue weighted by molar-refractivity contribution is -0.140. The van der Waals surface area contributed by atoms with E-state index in [2.05, 4.69) is 27.9 Å². The third-order valence-electron chi connectivity index (χ3n) is 5.35. The number of carbonyl (C=O) groups is 2. The molecule has 0 saturated heterocycles. The van der Waals surface area contributed by atoms with Crippen molar-refractivity contribution in [2.45, 2.75) is 45.7 Å². The fourth-order valence-electron chi connectivity index (χ4n) is 3.48. The van der Waals surface area contributed by atoms with E-state index in [0.29, 0.717) is 34.3 Å². The van der Waals surface area contributed by atoms with Crippen molar-refractivity contribution in [3.8, 4) is 0 Å². The van der Waals surface area contributed by atoms with Crippen LogP contribution < -0.4 is 9.62 Å². The van der Waals surface area contributed by atoms with Gasteiger partial charge in [-0.15, -0.1) is 0 Å². The van der Waals surface area contributed by atoms with Gasteiger partial charge in [-0.05, 0) is 77.4 Å². The molecule has 1 atom stereocenters. The van der Waals surface area contributed by atoms with Crippen molar-refractivity contribution in [3.05, 3.63) is 61.6 Å². The summed E-state index contributed by atoms with van der Waals surface area (Å²) < 4.78 is 27.2. The van der Waals surface area contributed by atoms with Crippen LogP contribution in [0.3, 0.4) is 0 Å². The maximum Gasteiger partial charge on any atom is 0.244 e. The van der Waals surface area contributed by atoms with Crippen molar-refractivity contribution in [2.24, 2.45) is 0 Å². The third-order valence-corrected chi connectivity index (χ3v) is 7.94. The summed E-state index contributed by atoms with van der Waals surface area (Å²) in [5.41, 5.74) is 1.05. The number of unbranched alkanes of at least 4 members (excludes halogenated alkanes) is 1. The van der Waals surface area contributed by atoms with E-state index in [1.807, 2.05) is 13.8 Å². The molecule has 2 aromatic carbocycles. The number of rotatable bonds is 12. The van der Waals surface area contributed by atoms with Gasteiger partial charge < -0.3 is 10.2 Å². The molecule has 2 rings (SSSR count). The van der Waals surface area contributed by atoms with Crippen LogP contribution in [0.4, 0.5) is 5.69 Å². The van der Waals surface area contributed by atoms with E-state index < -0.39 is 28.5 Å². The molecule has 2 aromatic rings. The summed E-state index contributed by atoms with van der Waals surface area (Å²) in [6.07, 6.45) is 3.14. The summed E-state index contributed by atoms with van der Waals surface area (Å²) in [4.78, 5) is 28.0. The zero-order chi connectivity index (χ0) is 26.2. The van der Waals surface area contributed by atoms with E-state index in [1.165, 1.54) is 4.90 Å². The second-order valence-corrected chi connectivity index (χ2v) is 12.1. The van der Waals surface area contributed by atoms with Gasteiger partial charge in [-0.3, -0.25) is 13.9 Å². The highest BCUT2D eigenvalue weighted by Crippen LogP contribution is 2.25. The molecule has 192 valence electrons. The third kappa shape index (κ3) is 8.80. The number of hydrogen-bond acceptors (Lipinski definition) is 4. The fraction of sp³-hybridized carbons (Fsp3) is 0.417. The van der Waals surface area contributed by atoms with Gasteiger partial charge in [0.2, 0.25) is 21.8 Å². The Morgan fingerprint density at radius 3 is 2.26 bits per heavy atom. The van der Waals surface area contributed by atoms with Crippen LogP contribution >= 0.6 is 45.8 Å². The first-order valence-corrected chi connectivity index (χ1v) is 14.9. The van der Waals surface area contributed by atoms with Gasteiger partial charge in [0, 0.05) is 16.7 Å². The smallest absolute Gasteiger partial charge is 0.244 e. The molecular weight excluding hydrogens is 624 g/mol. The lowest BCUT2D eigenvalue weighted by atomic mass is 10.1. The molecule has 7 nitrogen and oxygen atoms in total. The number of nitrogens with zero attached hydrogens (tertiary/aromatic N) is 2. The Balaban J connectivity index is 2.41. The summed E-state index contributed by atoms with van der Waals surface area (Å²) in [5.74, 6) is -0.785. The Labute approximate surface area is 231 Å². The van der Waals surface area contributed by atoms with Crippen molar-refractivity contribution >= 4 is 73.3 Å². The Bertz CT molecular complexity index is 1130. The van der Waals surface area contributed by atoms with Crippen LogP contribution in [0.2, 0.25) is 10.0 Å². The lowest BCUT2D eigenvalue weighted by Gasteiger charge is -2.33. The number of anilines is 1. The fourth-order valence-corrected chi connectivity index (χ4v) is 5.01. The summed E-state index contributed by atoms with van der Waals surface area (Å²) >= 11 is 14.3. The molecule has 0 spiro atoms. The van der Waals surface area contributed by atoms with E-state index in [0.717, 1.165) is 27.0 Å². The summed E-state index contributed by atoms with van der Waals surface area (Å²) in [5, 5.41) is 3.59. The molecule has 0 fully saturated rings. The summed E-state index contributed by atoms with van der Waals surface area (Å²) in [7, 11) is -3.77. The van der Waals surface area contributed by atoms with Gasteiger partial charge in [0.25, 0.3) is 0 Å². The number of sulfonamides is 1. The average Bonchev–Trinajstić information content (AvgIpc) is 2.79. The van der Waals surface area contributed by atoms with E-state index >= 15 is 0 Å². The van der Waals surface area contributed by atoms with E-state index in [1.54, 1.807) is 42.5 Å². The second-order valence-electron chi connectivity index (χ2n) is 8.08. The first kappa shape index (κ1) is 29.7. The molecule has 11 heteroatoms. The van der Waals surface area contributed by atoms with Crippen molar-refractivity contribution in [3.63, 3.8) is 0 Å². The molecular formula is C24H30Cl2IN3O4S. The van der Waals surface area contributed by atoms with Crippen molar-refractivity contribution < 1.29 is 18.0 Å². The molecule has 0 saturated carbocycles. The molecule has 0 radical (unpaired) electrons. The van der Waals surface area contributed by atoms with Crippen LogP contribution in [0.5, 0.6) is 0 Å². The Hall–Kier alpha value is -1.56. The molecule has 35 heavy (non-hydrogen) atoms. The molecule has 0 bridgehead atoms. The lowest BCUT2D eigenvalue weighted by Crippen LogP contribution is -2.52. The minimum Gasteiger partial charge on any atom is -0.354 e. The number of benzene rings is 2. The predicted molar refractivity (Wildman–Crippen MR) is 150 cm³/mol. The van der Waals surface area contributed by atoms with Crippen LogP contribution in [0.15, 0.2) is 42.5 Å². The first-order chi connectivity index (χ1) is 16.5. The zero-order valence-corrected chi connectivity index (χ0v) is 24.4. The minimum atomic E-state index is -3.77. The number of carbonyl (C=O) groups excluding carboxylic acids is 2. The molecule has 0 unspecified atom stereocenters.